The average Bonchev–Trinajstić information content (AvgIpc) is 2.98. The molecule has 1 aromatic rings. The number of piperidine rings is 1. The van der Waals surface area contributed by atoms with E-state index in [0.29, 0.717) is 12.8 Å². The van der Waals surface area contributed by atoms with Crippen LogP contribution in [0.5, 0.6) is 0 Å². The maximum absolute atomic E-state index is 12.9. The zero-order valence-electron chi connectivity index (χ0n) is 14.3. The number of nitrogens with zero attached hydrogens (tertiary/aromatic N) is 1. The van der Waals surface area contributed by atoms with Crippen molar-refractivity contribution in [3.63, 3.8) is 0 Å². The molecular weight excluding hydrogens is 326 g/mol. The first-order valence-electron chi connectivity index (χ1n) is 8.75. The minimum absolute atomic E-state index is 0. The molecule has 1 aromatic carbocycles. The van der Waals surface area contributed by atoms with Crippen LogP contribution in [0.4, 0.5) is 0 Å². The van der Waals surface area contributed by atoms with Gasteiger partial charge in [0.2, 0.25) is 0 Å². The van der Waals surface area contributed by atoms with E-state index in [1.807, 2.05) is 30.3 Å². The van der Waals surface area contributed by atoms with Gasteiger partial charge in [0.1, 0.15) is 12.0 Å². The van der Waals surface area contributed by atoms with Crippen LogP contribution in [-0.2, 0) is 9.53 Å². The van der Waals surface area contributed by atoms with Crippen LogP contribution in [0.1, 0.15) is 50.0 Å². The minimum Gasteiger partial charge on any atom is -0.462 e. The predicted molar refractivity (Wildman–Crippen MR) is 96.5 cm³/mol. The molecule has 1 aliphatic heterocycles. The monoisotopic (exact) mass is 353 g/mol. The molecule has 24 heavy (non-hydrogen) atoms. The van der Waals surface area contributed by atoms with Crippen molar-refractivity contribution >= 4 is 18.4 Å². The van der Waals surface area contributed by atoms with Gasteiger partial charge in [-0.25, -0.2) is 0 Å². The molecule has 4 nitrogen and oxygen atoms in total. The molecule has 1 saturated heterocycles. The lowest BCUT2D eigenvalue weighted by molar-refractivity contribution is -0.160. The topological polar surface area (TPSA) is 49.8 Å². The van der Waals surface area contributed by atoms with Crippen molar-refractivity contribution in [1.82, 2.24) is 4.90 Å². The molecule has 0 spiro atoms. The Kier molecular flexibility index (Phi) is 6.67. The lowest BCUT2D eigenvalue weighted by Crippen LogP contribution is -2.42. The fourth-order valence-corrected chi connectivity index (χ4v) is 3.92. The Hall–Kier alpha value is -1.10. The summed E-state index contributed by atoms with van der Waals surface area (Å²) in [6.45, 7) is 1.91. The highest BCUT2D eigenvalue weighted by atomic mass is 35.5. The molecule has 0 bridgehead atoms. The highest BCUT2D eigenvalue weighted by molar-refractivity contribution is 5.85. The van der Waals surface area contributed by atoms with E-state index in [1.165, 1.54) is 0 Å². The standard InChI is InChI=1S/C19H27NO3.ClH/c1-20-13-9-16(10-14-20)23-18(21)17(15-7-3-2-4-8-15)19(22)11-5-6-12-19;/h2-4,7-8,16-17,22H,5-6,9-14H2,1H3;1H. The Morgan fingerprint density at radius 3 is 2.38 bits per heavy atom. The van der Waals surface area contributed by atoms with E-state index >= 15 is 0 Å². The molecule has 0 aromatic heterocycles. The SMILES string of the molecule is CN1CCC(OC(=O)C(c2ccccc2)C2(O)CCCC2)CC1.Cl. The van der Waals surface area contributed by atoms with E-state index in [9.17, 15) is 9.90 Å². The molecule has 1 aliphatic carbocycles. The van der Waals surface area contributed by atoms with Crippen LogP contribution in [0.3, 0.4) is 0 Å². The third-order valence-corrected chi connectivity index (χ3v) is 5.32. The van der Waals surface area contributed by atoms with Gasteiger partial charge in [-0.3, -0.25) is 4.79 Å². The molecule has 5 heteroatoms. The van der Waals surface area contributed by atoms with Crippen LogP contribution in [0.2, 0.25) is 0 Å². The van der Waals surface area contributed by atoms with Crippen LogP contribution in [0.25, 0.3) is 0 Å². The summed E-state index contributed by atoms with van der Waals surface area (Å²) in [7, 11) is 2.09. The Balaban J connectivity index is 0.00000208. The van der Waals surface area contributed by atoms with Crippen molar-refractivity contribution in [2.24, 2.45) is 0 Å². The largest absolute Gasteiger partial charge is 0.462 e. The molecule has 1 heterocycles. The van der Waals surface area contributed by atoms with Gasteiger partial charge in [-0.15, -0.1) is 12.4 Å². The second-order valence-corrected chi connectivity index (χ2v) is 7.09. The fraction of sp³-hybridized carbons (Fsp3) is 0.632. The molecule has 0 radical (unpaired) electrons. The summed E-state index contributed by atoms with van der Waals surface area (Å²) >= 11 is 0. The average molecular weight is 354 g/mol. The maximum Gasteiger partial charge on any atom is 0.316 e. The molecule has 1 N–H and O–H groups in total. The van der Waals surface area contributed by atoms with Crippen LogP contribution < -0.4 is 0 Å². The number of halogens is 1. The Morgan fingerprint density at radius 2 is 1.79 bits per heavy atom. The van der Waals surface area contributed by atoms with Crippen LogP contribution in [0.15, 0.2) is 30.3 Å². The van der Waals surface area contributed by atoms with E-state index < -0.39 is 11.5 Å². The molecule has 1 atom stereocenters. The molecular formula is C19H28ClNO3. The van der Waals surface area contributed by atoms with Gasteiger partial charge in [-0.2, -0.15) is 0 Å². The number of hydrogen-bond donors (Lipinski definition) is 1. The third kappa shape index (κ3) is 4.29. The number of esters is 1. The van der Waals surface area contributed by atoms with Crippen LogP contribution >= 0.6 is 12.4 Å². The number of rotatable bonds is 4. The fourth-order valence-electron chi connectivity index (χ4n) is 3.92. The molecule has 2 fully saturated rings. The smallest absolute Gasteiger partial charge is 0.316 e. The van der Waals surface area contributed by atoms with Crippen molar-refractivity contribution in [2.45, 2.75) is 56.1 Å². The van der Waals surface area contributed by atoms with Crippen molar-refractivity contribution in [1.29, 1.82) is 0 Å². The molecule has 1 unspecified atom stereocenters. The van der Waals surface area contributed by atoms with Gasteiger partial charge in [-0.05, 0) is 38.3 Å². The van der Waals surface area contributed by atoms with Gasteiger partial charge in [-0.1, -0.05) is 43.2 Å². The second kappa shape index (κ2) is 8.32. The zero-order chi connectivity index (χ0) is 16.3. The summed E-state index contributed by atoms with van der Waals surface area (Å²) in [6, 6.07) is 9.63. The molecule has 0 amide bonds. The van der Waals surface area contributed by atoms with Crippen molar-refractivity contribution in [2.75, 3.05) is 20.1 Å². The first-order valence-corrected chi connectivity index (χ1v) is 8.75. The highest BCUT2D eigenvalue weighted by Gasteiger charge is 2.45. The Morgan fingerprint density at radius 1 is 1.21 bits per heavy atom. The van der Waals surface area contributed by atoms with Crippen molar-refractivity contribution in [3.8, 4) is 0 Å². The Bertz CT molecular complexity index is 523. The first-order chi connectivity index (χ1) is 11.1. The molecule has 134 valence electrons. The number of benzene rings is 1. The predicted octanol–water partition coefficient (Wildman–Crippen LogP) is 3.13. The summed E-state index contributed by atoms with van der Waals surface area (Å²) < 4.78 is 5.81. The number of ether oxygens (including phenoxy) is 1. The minimum atomic E-state index is -0.954. The maximum atomic E-state index is 12.9. The number of carbonyl (C=O) groups excluding carboxylic acids is 1. The quantitative estimate of drug-likeness (QED) is 0.845. The lowest BCUT2D eigenvalue weighted by Gasteiger charge is -2.34. The second-order valence-electron chi connectivity index (χ2n) is 7.09. The van der Waals surface area contributed by atoms with Gasteiger partial charge in [0, 0.05) is 13.1 Å². The lowest BCUT2D eigenvalue weighted by atomic mass is 9.80. The van der Waals surface area contributed by atoms with E-state index in [4.69, 9.17) is 4.74 Å². The number of carbonyl (C=O) groups is 1. The summed E-state index contributed by atoms with van der Waals surface area (Å²) in [5.41, 5.74) is -0.0843. The normalized spacial score (nSPS) is 22.6. The molecule has 1 saturated carbocycles. The van der Waals surface area contributed by atoms with Gasteiger partial charge >= 0.3 is 5.97 Å². The molecule has 3 rings (SSSR count). The Labute approximate surface area is 150 Å². The van der Waals surface area contributed by atoms with Gasteiger partial charge < -0.3 is 14.7 Å². The summed E-state index contributed by atoms with van der Waals surface area (Å²) in [5.74, 6) is -0.819. The molecule has 2 aliphatic rings. The van der Waals surface area contributed by atoms with E-state index in [1.54, 1.807) is 0 Å². The van der Waals surface area contributed by atoms with E-state index in [2.05, 4.69) is 11.9 Å². The number of aliphatic hydroxyl groups is 1. The van der Waals surface area contributed by atoms with Gasteiger partial charge in [0.05, 0.1) is 5.60 Å². The summed E-state index contributed by atoms with van der Waals surface area (Å²) in [5, 5.41) is 11.0. The van der Waals surface area contributed by atoms with Crippen molar-refractivity contribution < 1.29 is 14.6 Å². The zero-order valence-corrected chi connectivity index (χ0v) is 15.1. The van der Waals surface area contributed by atoms with E-state index in [0.717, 1.165) is 44.3 Å². The summed E-state index contributed by atoms with van der Waals surface area (Å²) in [4.78, 5) is 15.1. The van der Waals surface area contributed by atoms with Gasteiger partial charge in [0.15, 0.2) is 0 Å². The van der Waals surface area contributed by atoms with Crippen molar-refractivity contribution in [3.05, 3.63) is 35.9 Å². The van der Waals surface area contributed by atoms with Crippen LogP contribution in [-0.4, -0.2) is 47.8 Å². The first kappa shape index (κ1) is 19.2. The highest BCUT2D eigenvalue weighted by Crippen LogP contribution is 2.42. The third-order valence-electron chi connectivity index (χ3n) is 5.32. The number of hydrogen-bond acceptors (Lipinski definition) is 4. The van der Waals surface area contributed by atoms with Crippen LogP contribution in [0, 0.1) is 0 Å². The van der Waals surface area contributed by atoms with E-state index in [-0.39, 0.29) is 24.5 Å². The number of likely N-dealkylation sites (tertiary alicyclic amines) is 1. The summed E-state index contributed by atoms with van der Waals surface area (Å²) in [6.07, 6.45) is 5.03. The van der Waals surface area contributed by atoms with Gasteiger partial charge in [0.25, 0.3) is 0 Å².